The van der Waals surface area contributed by atoms with Gasteiger partial charge in [0.25, 0.3) is 0 Å². The maximum absolute atomic E-state index is 12.8. The van der Waals surface area contributed by atoms with Gasteiger partial charge in [0.15, 0.2) is 0 Å². The second kappa shape index (κ2) is 6.41. The molecular formula is C15H12F6N2O2. The third-order valence-corrected chi connectivity index (χ3v) is 3.39. The summed E-state index contributed by atoms with van der Waals surface area (Å²) in [5, 5.41) is 5.67. The van der Waals surface area contributed by atoms with Crippen molar-refractivity contribution < 1.29 is 35.7 Å². The minimum atomic E-state index is -4.98. The topological polar surface area (TPSA) is 55.1 Å². The lowest BCUT2D eigenvalue weighted by Gasteiger charge is -2.14. The molecule has 1 amide bonds. The molecule has 0 saturated heterocycles. The summed E-state index contributed by atoms with van der Waals surface area (Å²) in [6.07, 6.45) is -10.3. The highest BCUT2D eigenvalue weighted by Crippen LogP contribution is 2.37. The molecule has 1 N–H and O–H groups in total. The van der Waals surface area contributed by atoms with Crippen molar-refractivity contribution in [2.24, 2.45) is 0 Å². The van der Waals surface area contributed by atoms with Crippen molar-refractivity contribution in [3.05, 3.63) is 46.3 Å². The Balaban J connectivity index is 2.30. The lowest BCUT2D eigenvalue weighted by Crippen LogP contribution is -2.17. The normalized spacial score (nSPS) is 12.3. The zero-order valence-corrected chi connectivity index (χ0v) is 13.0. The van der Waals surface area contributed by atoms with Gasteiger partial charge in [0.1, 0.15) is 5.76 Å². The molecule has 136 valence electrons. The SMILES string of the molecule is Cc1noc(C)c1CC(=O)Nc1cc(C(F)(F)F)cc(C(F)(F)F)c1. The van der Waals surface area contributed by atoms with Crippen LogP contribution in [0.4, 0.5) is 32.0 Å². The lowest BCUT2D eigenvalue weighted by atomic mass is 10.1. The highest BCUT2D eigenvalue weighted by atomic mass is 19.4. The molecule has 0 aliphatic heterocycles. The molecule has 2 aromatic rings. The summed E-state index contributed by atoms with van der Waals surface area (Å²) >= 11 is 0. The Bertz CT molecular complexity index is 741. The van der Waals surface area contributed by atoms with E-state index in [1.54, 1.807) is 6.92 Å². The Morgan fingerprint density at radius 2 is 1.56 bits per heavy atom. The van der Waals surface area contributed by atoms with Gasteiger partial charge in [-0.25, -0.2) is 0 Å². The van der Waals surface area contributed by atoms with Crippen LogP contribution in [0.5, 0.6) is 0 Å². The number of carbonyl (C=O) groups is 1. The molecule has 0 saturated carbocycles. The minimum Gasteiger partial charge on any atom is -0.361 e. The first-order valence-corrected chi connectivity index (χ1v) is 6.89. The third kappa shape index (κ3) is 4.52. The van der Waals surface area contributed by atoms with E-state index >= 15 is 0 Å². The Kier molecular flexibility index (Phi) is 4.83. The molecule has 0 radical (unpaired) electrons. The van der Waals surface area contributed by atoms with Crippen molar-refractivity contribution in [3.8, 4) is 0 Å². The Morgan fingerprint density at radius 3 is 1.96 bits per heavy atom. The van der Waals surface area contributed by atoms with E-state index in [0.717, 1.165) is 0 Å². The molecule has 1 aromatic heterocycles. The minimum absolute atomic E-state index is 0.00997. The second-order valence-corrected chi connectivity index (χ2v) is 5.32. The van der Waals surface area contributed by atoms with Gasteiger partial charge in [-0.2, -0.15) is 26.3 Å². The molecule has 4 nitrogen and oxygen atoms in total. The van der Waals surface area contributed by atoms with Crippen LogP contribution in [0.15, 0.2) is 22.7 Å². The largest absolute Gasteiger partial charge is 0.416 e. The van der Waals surface area contributed by atoms with Crippen LogP contribution in [0.1, 0.15) is 28.1 Å². The van der Waals surface area contributed by atoms with Crippen LogP contribution in [-0.2, 0) is 23.6 Å². The smallest absolute Gasteiger partial charge is 0.361 e. The molecule has 0 spiro atoms. The Hall–Kier alpha value is -2.52. The maximum atomic E-state index is 12.8. The first-order chi connectivity index (χ1) is 11.4. The van der Waals surface area contributed by atoms with E-state index in [9.17, 15) is 31.1 Å². The predicted octanol–water partition coefficient (Wildman–Crippen LogP) is 4.51. The van der Waals surface area contributed by atoms with Gasteiger partial charge < -0.3 is 9.84 Å². The van der Waals surface area contributed by atoms with Crippen LogP contribution >= 0.6 is 0 Å². The number of nitrogens with one attached hydrogen (secondary N) is 1. The van der Waals surface area contributed by atoms with Crippen molar-refractivity contribution in [2.75, 3.05) is 5.32 Å². The van der Waals surface area contributed by atoms with Crippen molar-refractivity contribution in [3.63, 3.8) is 0 Å². The molecule has 0 aliphatic carbocycles. The van der Waals surface area contributed by atoms with Gasteiger partial charge in [-0.3, -0.25) is 4.79 Å². The van der Waals surface area contributed by atoms with Crippen LogP contribution in [0.3, 0.4) is 0 Å². The standard InChI is InChI=1S/C15H12F6N2O2/c1-7-12(8(2)25-23-7)6-13(24)22-11-4-9(14(16,17)18)3-10(5-11)15(19,20)21/h3-5H,6H2,1-2H3,(H,22,24). The third-order valence-electron chi connectivity index (χ3n) is 3.39. The summed E-state index contributed by atoms with van der Waals surface area (Å²) in [4.78, 5) is 12.0. The van der Waals surface area contributed by atoms with E-state index in [4.69, 9.17) is 4.52 Å². The monoisotopic (exact) mass is 366 g/mol. The molecule has 25 heavy (non-hydrogen) atoms. The molecule has 0 aliphatic rings. The number of anilines is 1. The first-order valence-electron chi connectivity index (χ1n) is 6.89. The van der Waals surface area contributed by atoms with Crippen LogP contribution in [0, 0.1) is 13.8 Å². The summed E-state index contributed by atoms with van der Waals surface area (Å²) in [6, 6.07) is 0.880. The maximum Gasteiger partial charge on any atom is 0.416 e. The van der Waals surface area contributed by atoms with Gasteiger partial charge in [0.2, 0.25) is 5.91 Å². The van der Waals surface area contributed by atoms with Gasteiger partial charge in [-0.05, 0) is 32.0 Å². The van der Waals surface area contributed by atoms with Gasteiger partial charge in [-0.1, -0.05) is 5.16 Å². The van der Waals surface area contributed by atoms with E-state index in [1.165, 1.54) is 6.92 Å². The number of rotatable bonds is 3. The average molecular weight is 366 g/mol. The summed E-state index contributed by atoms with van der Waals surface area (Å²) in [7, 11) is 0. The quantitative estimate of drug-likeness (QED) is 0.814. The molecule has 0 unspecified atom stereocenters. The fraction of sp³-hybridized carbons (Fsp3) is 0.333. The second-order valence-electron chi connectivity index (χ2n) is 5.32. The van der Waals surface area contributed by atoms with Crippen molar-refractivity contribution in [1.29, 1.82) is 0 Å². The number of halogens is 6. The van der Waals surface area contributed by atoms with Crippen LogP contribution in [-0.4, -0.2) is 11.1 Å². The number of carbonyl (C=O) groups excluding carboxylic acids is 1. The zero-order valence-electron chi connectivity index (χ0n) is 13.0. The number of aromatic nitrogens is 1. The molecular weight excluding hydrogens is 354 g/mol. The number of hydrogen-bond acceptors (Lipinski definition) is 3. The highest BCUT2D eigenvalue weighted by molar-refractivity contribution is 5.92. The highest BCUT2D eigenvalue weighted by Gasteiger charge is 2.37. The van der Waals surface area contributed by atoms with Crippen LogP contribution in [0.25, 0.3) is 0 Å². The Labute approximate surface area is 137 Å². The van der Waals surface area contributed by atoms with E-state index in [2.05, 4.69) is 10.5 Å². The van der Waals surface area contributed by atoms with Gasteiger partial charge >= 0.3 is 12.4 Å². The summed E-state index contributed by atoms with van der Waals surface area (Å²) in [6.45, 7) is 3.10. The van der Waals surface area contributed by atoms with Crippen molar-refractivity contribution in [2.45, 2.75) is 32.6 Å². The summed E-state index contributed by atoms with van der Waals surface area (Å²) in [5.74, 6) is -0.450. The van der Waals surface area contributed by atoms with E-state index in [-0.39, 0.29) is 12.5 Å². The number of aryl methyl sites for hydroxylation is 2. The van der Waals surface area contributed by atoms with Gasteiger partial charge in [0.05, 0.1) is 23.2 Å². The molecule has 0 atom stereocenters. The number of hydrogen-bond donors (Lipinski definition) is 1. The Morgan fingerprint density at radius 1 is 1.04 bits per heavy atom. The van der Waals surface area contributed by atoms with Crippen LogP contribution < -0.4 is 5.32 Å². The van der Waals surface area contributed by atoms with E-state index < -0.39 is 35.1 Å². The number of nitrogens with zero attached hydrogens (tertiary/aromatic N) is 1. The van der Waals surface area contributed by atoms with E-state index in [1.807, 2.05) is 0 Å². The molecule has 1 aromatic carbocycles. The van der Waals surface area contributed by atoms with Crippen molar-refractivity contribution in [1.82, 2.24) is 5.16 Å². The van der Waals surface area contributed by atoms with E-state index in [0.29, 0.717) is 29.2 Å². The number of benzene rings is 1. The number of amides is 1. The molecule has 10 heteroatoms. The fourth-order valence-corrected chi connectivity index (χ4v) is 2.15. The molecule has 0 bridgehead atoms. The van der Waals surface area contributed by atoms with Crippen LogP contribution in [0.2, 0.25) is 0 Å². The number of alkyl halides is 6. The lowest BCUT2D eigenvalue weighted by molar-refractivity contribution is -0.143. The zero-order chi connectivity index (χ0) is 19.0. The molecule has 2 rings (SSSR count). The predicted molar refractivity (Wildman–Crippen MR) is 74.8 cm³/mol. The van der Waals surface area contributed by atoms with Gasteiger partial charge in [-0.15, -0.1) is 0 Å². The summed E-state index contributed by atoms with van der Waals surface area (Å²) < 4.78 is 81.5. The first kappa shape index (κ1) is 18.8. The molecule has 1 heterocycles. The van der Waals surface area contributed by atoms with Gasteiger partial charge in [0, 0.05) is 11.3 Å². The fourth-order valence-electron chi connectivity index (χ4n) is 2.15. The average Bonchev–Trinajstić information content (AvgIpc) is 2.77. The van der Waals surface area contributed by atoms with Crippen molar-refractivity contribution >= 4 is 11.6 Å². The summed E-state index contributed by atoms with van der Waals surface area (Å²) in [5.41, 5.74) is -2.78. The molecule has 0 fully saturated rings.